The van der Waals surface area contributed by atoms with Gasteiger partial charge in [-0.15, -0.1) is 11.3 Å². The number of aromatic nitrogens is 2. The van der Waals surface area contributed by atoms with E-state index >= 15 is 0 Å². The third-order valence-corrected chi connectivity index (χ3v) is 6.32. The summed E-state index contributed by atoms with van der Waals surface area (Å²) < 4.78 is 7.12. The van der Waals surface area contributed by atoms with Gasteiger partial charge >= 0.3 is 11.9 Å². The molecule has 2 heterocycles. The average molecular weight is 467 g/mol. The van der Waals surface area contributed by atoms with Crippen LogP contribution in [0, 0.1) is 0 Å². The van der Waals surface area contributed by atoms with Gasteiger partial charge in [0.15, 0.2) is 0 Å². The van der Waals surface area contributed by atoms with Crippen molar-refractivity contribution in [2.75, 3.05) is 6.61 Å². The molecule has 3 aromatic rings. The summed E-state index contributed by atoms with van der Waals surface area (Å²) in [6.45, 7) is 6.20. The van der Waals surface area contributed by atoms with Crippen LogP contribution in [0.4, 0.5) is 0 Å². The second-order valence-electron chi connectivity index (χ2n) is 7.64. The highest BCUT2D eigenvalue weighted by Gasteiger charge is 2.21. The lowest BCUT2D eigenvalue weighted by Gasteiger charge is -2.16. The Kier molecular flexibility index (Phi) is 8.60. The van der Waals surface area contributed by atoms with Crippen LogP contribution in [0.15, 0.2) is 53.5 Å². The number of hydrogen-bond donors (Lipinski definition) is 1. The molecule has 3 rings (SSSR count). The molecule has 0 fully saturated rings. The van der Waals surface area contributed by atoms with Gasteiger partial charge in [-0.25, -0.2) is 14.6 Å². The lowest BCUT2D eigenvalue weighted by molar-refractivity contribution is -0.132. The fourth-order valence-corrected chi connectivity index (χ4v) is 4.53. The van der Waals surface area contributed by atoms with Gasteiger partial charge in [0, 0.05) is 29.0 Å². The molecule has 174 valence electrons. The van der Waals surface area contributed by atoms with E-state index in [1.807, 2.05) is 41.1 Å². The summed E-state index contributed by atoms with van der Waals surface area (Å²) in [6, 6.07) is 11.1. The molecule has 0 aliphatic rings. The van der Waals surface area contributed by atoms with Crippen LogP contribution in [0.25, 0.3) is 11.3 Å². The number of rotatable bonds is 11. The van der Waals surface area contributed by atoms with Crippen LogP contribution in [-0.2, 0) is 22.4 Å². The molecule has 2 aromatic heterocycles. The molecule has 0 bridgehead atoms. The number of benzene rings is 1. The molecule has 1 N–H and O–H groups in total. The van der Waals surface area contributed by atoms with E-state index in [9.17, 15) is 14.7 Å². The normalized spacial score (nSPS) is 11.8. The quantitative estimate of drug-likeness (QED) is 0.279. The molecule has 0 atom stereocenters. The third kappa shape index (κ3) is 5.79. The number of hydrogen-bond acceptors (Lipinski definition) is 5. The second kappa shape index (κ2) is 11.6. The van der Waals surface area contributed by atoms with Gasteiger partial charge in [0.25, 0.3) is 0 Å². The summed E-state index contributed by atoms with van der Waals surface area (Å²) in [7, 11) is 0. The lowest BCUT2D eigenvalue weighted by Crippen LogP contribution is -2.11. The van der Waals surface area contributed by atoms with Crippen molar-refractivity contribution in [1.29, 1.82) is 0 Å². The number of carboxylic acids is 1. The van der Waals surface area contributed by atoms with E-state index in [2.05, 4.69) is 11.9 Å². The van der Waals surface area contributed by atoms with Gasteiger partial charge in [0.05, 0.1) is 24.1 Å². The van der Waals surface area contributed by atoms with E-state index in [4.69, 9.17) is 4.74 Å². The molecule has 0 radical (unpaired) electrons. The number of allylic oxidation sites excluding steroid dienone is 1. The number of carbonyl (C=O) groups excluding carboxylic acids is 1. The van der Waals surface area contributed by atoms with Crippen LogP contribution >= 0.6 is 11.3 Å². The third-order valence-electron chi connectivity index (χ3n) is 5.44. The van der Waals surface area contributed by atoms with Gasteiger partial charge in [-0.1, -0.05) is 26.3 Å². The fraction of sp³-hybridized carbons (Fsp3) is 0.346. The maximum Gasteiger partial charge on any atom is 0.338 e. The first-order chi connectivity index (χ1) is 16.0. The number of carbonyl (C=O) groups is 2. The molecule has 7 heteroatoms. The van der Waals surface area contributed by atoms with E-state index in [-0.39, 0.29) is 5.97 Å². The number of aliphatic carboxylic acids is 1. The van der Waals surface area contributed by atoms with Crippen LogP contribution in [0.3, 0.4) is 0 Å². The maximum atomic E-state index is 12.3. The summed E-state index contributed by atoms with van der Waals surface area (Å²) >= 11 is 1.55. The number of unbranched alkanes of at least 4 members (excludes halogenated alkanes) is 1. The lowest BCUT2D eigenvalue weighted by atomic mass is 9.99. The minimum Gasteiger partial charge on any atom is -0.478 e. The molecule has 0 spiro atoms. The van der Waals surface area contributed by atoms with E-state index in [0.717, 1.165) is 46.9 Å². The Bertz CT molecular complexity index is 1110. The summed E-state index contributed by atoms with van der Waals surface area (Å²) in [5.74, 6) is -0.400. The maximum absolute atomic E-state index is 12.3. The van der Waals surface area contributed by atoms with Crippen molar-refractivity contribution < 1.29 is 19.4 Å². The van der Waals surface area contributed by atoms with Crippen molar-refractivity contribution in [2.45, 2.75) is 52.9 Å². The van der Waals surface area contributed by atoms with Crippen molar-refractivity contribution in [1.82, 2.24) is 9.55 Å². The monoisotopic (exact) mass is 466 g/mol. The van der Waals surface area contributed by atoms with Crippen LogP contribution in [0.2, 0.25) is 0 Å². The molecule has 0 aliphatic carbocycles. The van der Waals surface area contributed by atoms with Crippen molar-refractivity contribution in [3.05, 3.63) is 75.5 Å². The molecule has 6 nitrogen and oxygen atoms in total. The predicted molar refractivity (Wildman–Crippen MR) is 131 cm³/mol. The van der Waals surface area contributed by atoms with E-state index < -0.39 is 5.97 Å². The van der Waals surface area contributed by atoms with Crippen LogP contribution in [-0.4, -0.2) is 33.2 Å². The topological polar surface area (TPSA) is 81.4 Å². The molecular formula is C26H30N2O4S. The van der Waals surface area contributed by atoms with Gasteiger partial charge in [-0.2, -0.15) is 0 Å². The average Bonchev–Trinajstić information content (AvgIpc) is 3.48. The Balaban J connectivity index is 2.12. The molecule has 0 saturated carbocycles. The van der Waals surface area contributed by atoms with Gasteiger partial charge in [-0.05, 0) is 61.1 Å². The van der Waals surface area contributed by atoms with Crippen molar-refractivity contribution in [3.63, 3.8) is 0 Å². The molecule has 33 heavy (non-hydrogen) atoms. The summed E-state index contributed by atoms with van der Waals surface area (Å²) in [6.07, 6.45) is 5.49. The highest BCUT2D eigenvalue weighted by Crippen LogP contribution is 2.30. The Hall–Kier alpha value is -3.19. The van der Waals surface area contributed by atoms with E-state index in [0.29, 0.717) is 30.6 Å². The van der Waals surface area contributed by atoms with Crippen LogP contribution < -0.4 is 0 Å². The number of thiophene rings is 1. The minimum absolute atomic E-state index is 0.320. The van der Waals surface area contributed by atoms with Crippen LogP contribution in [0.5, 0.6) is 0 Å². The van der Waals surface area contributed by atoms with Crippen molar-refractivity contribution >= 4 is 28.8 Å². The number of carboxylic acid groups (broad SMARTS) is 1. The molecule has 0 aliphatic heterocycles. The Morgan fingerprint density at radius 2 is 1.88 bits per heavy atom. The summed E-state index contributed by atoms with van der Waals surface area (Å²) in [5, 5.41) is 12.0. The Labute approximate surface area is 198 Å². The number of imidazole rings is 1. The van der Waals surface area contributed by atoms with E-state index in [1.54, 1.807) is 36.6 Å². The number of esters is 1. The zero-order chi connectivity index (χ0) is 23.8. The Morgan fingerprint density at radius 3 is 2.45 bits per heavy atom. The summed E-state index contributed by atoms with van der Waals surface area (Å²) in [5.41, 5.74) is 3.24. The van der Waals surface area contributed by atoms with Gasteiger partial charge < -0.3 is 9.84 Å². The fourth-order valence-electron chi connectivity index (χ4n) is 3.81. The highest BCUT2D eigenvalue weighted by molar-refractivity contribution is 7.09. The van der Waals surface area contributed by atoms with Gasteiger partial charge in [0.2, 0.25) is 0 Å². The largest absolute Gasteiger partial charge is 0.478 e. The van der Waals surface area contributed by atoms with Gasteiger partial charge in [-0.3, -0.25) is 4.57 Å². The molecule has 0 amide bonds. The first kappa shape index (κ1) is 24.5. The first-order valence-corrected chi connectivity index (χ1v) is 12.2. The van der Waals surface area contributed by atoms with Crippen molar-refractivity contribution in [3.8, 4) is 5.69 Å². The summed E-state index contributed by atoms with van der Waals surface area (Å²) in [4.78, 5) is 30.0. The molecule has 0 saturated heterocycles. The highest BCUT2D eigenvalue weighted by atomic mass is 32.1. The SMILES string of the molecule is CCCCc1ncc(/C(CC)=C(\Cc2cccs2)C(=O)O)n1-c1ccc(C(=O)OCC)cc1. The van der Waals surface area contributed by atoms with Gasteiger partial charge in [0.1, 0.15) is 5.82 Å². The smallest absolute Gasteiger partial charge is 0.338 e. The number of nitrogens with zero attached hydrogens (tertiary/aromatic N) is 2. The van der Waals surface area contributed by atoms with E-state index in [1.165, 1.54) is 0 Å². The number of ether oxygens (including phenoxy) is 1. The first-order valence-electron chi connectivity index (χ1n) is 11.3. The molecular weight excluding hydrogens is 436 g/mol. The second-order valence-corrected chi connectivity index (χ2v) is 8.67. The minimum atomic E-state index is -0.916. The molecule has 0 unspecified atom stereocenters. The predicted octanol–water partition coefficient (Wildman–Crippen LogP) is 5.94. The Morgan fingerprint density at radius 1 is 1.12 bits per heavy atom. The zero-order valence-corrected chi connectivity index (χ0v) is 20.2. The molecule has 1 aromatic carbocycles. The number of aryl methyl sites for hydroxylation is 1. The van der Waals surface area contributed by atoms with Crippen LogP contribution in [0.1, 0.15) is 66.8 Å². The standard InChI is InChI=1S/C26H30N2O4S/c1-4-7-10-24-27-17-23(21(5-2)22(25(29)30)16-20-9-8-15-33-20)28(24)19-13-11-18(12-14-19)26(31)32-6-3/h8-9,11-15,17H,4-7,10,16H2,1-3H3,(H,29,30)/b22-21+. The zero-order valence-electron chi connectivity index (χ0n) is 19.3. The van der Waals surface area contributed by atoms with Crippen molar-refractivity contribution in [2.24, 2.45) is 0 Å².